The van der Waals surface area contributed by atoms with Crippen LogP contribution in [0.3, 0.4) is 0 Å². The zero-order valence-electron chi connectivity index (χ0n) is 11.9. The van der Waals surface area contributed by atoms with Crippen LogP contribution in [0.2, 0.25) is 0 Å². The molecule has 1 atom stereocenters. The van der Waals surface area contributed by atoms with E-state index in [1.165, 1.54) is 38.5 Å². The highest BCUT2D eigenvalue weighted by atomic mass is 16.4. The summed E-state index contributed by atoms with van der Waals surface area (Å²) in [7, 11) is 0. The van der Waals surface area contributed by atoms with Crippen LogP contribution >= 0.6 is 0 Å². The summed E-state index contributed by atoms with van der Waals surface area (Å²) in [5.74, 6) is 3.32. The van der Waals surface area contributed by atoms with Crippen LogP contribution in [0, 0.1) is 23.2 Å². The molecule has 0 aliphatic heterocycles. The van der Waals surface area contributed by atoms with E-state index in [1.54, 1.807) is 0 Å². The van der Waals surface area contributed by atoms with Gasteiger partial charge >= 0.3 is 0 Å². The van der Waals surface area contributed by atoms with Crippen molar-refractivity contribution in [2.45, 2.75) is 57.9 Å². The summed E-state index contributed by atoms with van der Waals surface area (Å²) in [4.78, 5) is 0. The average Bonchev–Trinajstić information content (AvgIpc) is 2.36. The van der Waals surface area contributed by atoms with Crippen LogP contribution in [-0.4, -0.2) is 23.6 Å². The Hall–Kier alpha value is -0.770. The molecule has 4 saturated carbocycles. The predicted molar refractivity (Wildman–Crippen MR) is 76.1 cm³/mol. The quantitative estimate of drug-likeness (QED) is 0.309. The van der Waals surface area contributed by atoms with Crippen molar-refractivity contribution in [1.82, 2.24) is 5.32 Å². The molecular weight excluding hydrogens is 238 g/mol. The van der Waals surface area contributed by atoms with Gasteiger partial charge in [0.2, 0.25) is 0 Å². The first kappa shape index (κ1) is 13.2. The molecule has 0 saturated heterocycles. The van der Waals surface area contributed by atoms with Crippen LogP contribution in [0.15, 0.2) is 5.16 Å². The summed E-state index contributed by atoms with van der Waals surface area (Å²) in [6.07, 6.45) is 9.40. The van der Waals surface area contributed by atoms with Gasteiger partial charge in [0.05, 0.1) is 0 Å². The van der Waals surface area contributed by atoms with Gasteiger partial charge in [0.15, 0.2) is 0 Å². The number of nitrogens with one attached hydrogen (secondary N) is 1. The van der Waals surface area contributed by atoms with E-state index in [9.17, 15) is 0 Å². The molecule has 0 spiro atoms. The largest absolute Gasteiger partial charge is 0.409 e. The summed E-state index contributed by atoms with van der Waals surface area (Å²) in [6.45, 7) is 3.16. The molecule has 4 fully saturated rings. The van der Waals surface area contributed by atoms with E-state index in [4.69, 9.17) is 10.9 Å². The lowest BCUT2D eigenvalue weighted by atomic mass is 9.48. The fraction of sp³-hybridized carbons (Fsp3) is 0.933. The van der Waals surface area contributed by atoms with Gasteiger partial charge in [0.1, 0.15) is 5.84 Å². The molecule has 4 N–H and O–H groups in total. The Bertz CT molecular complexity index is 331. The highest BCUT2D eigenvalue weighted by Gasteiger charge is 2.52. The molecule has 0 amide bonds. The summed E-state index contributed by atoms with van der Waals surface area (Å²) in [5.41, 5.74) is 6.07. The Morgan fingerprint density at radius 2 is 1.79 bits per heavy atom. The van der Waals surface area contributed by atoms with Crippen molar-refractivity contribution < 1.29 is 5.21 Å². The number of amidine groups is 1. The number of hydrogen-bond donors (Lipinski definition) is 3. The van der Waals surface area contributed by atoms with Crippen molar-refractivity contribution in [3.63, 3.8) is 0 Å². The molecule has 4 aliphatic rings. The van der Waals surface area contributed by atoms with Gasteiger partial charge in [-0.25, -0.2) is 0 Å². The molecule has 0 aromatic carbocycles. The van der Waals surface area contributed by atoms with Gasteiger partial charge in [-0.3, -0.25) is 0 Å². The minimum Gasteiger partial charge on any atom is -0.409 e. The molecule has 0 heterocycles. The number of hydrogen-bond acceptors (Lipinski definition) is 3. The van der Waals surface area contributed by atoms with Gasteiger partial charge in [-0.05, 0) is 68.6 Å². The van der Waals surface area contributed by atoms with Crippen LogP contribution in [0.4, 0.5) is 0 Å². The molecule has 19 heavy (non-hydrogen) atoms. The van der Waals surface area contributed by atoms with Crippen LogP contribution < -0.4 is 11.1 Å². The standard InChI is InChI=1S/C15H27N3O/c1-10(17-3-2-14(16)18-19)15-7-11-4-12(8-15)6-13(5-11)9-15/h10-13,17,19H,2-9H2,1H3,(H2,16,18). The lowest BCUT2D eigenvalue weighted by Gasteiger charge is -2.59. The third-order valence-corrected chi connectivity index (χ3v) is 5.96. The van der Waals surface area contributed by atoms with Gasteiger partial charge in [-0.2, -0.15) is 0 Å². The molecule has 0 aromatic heterocycles. The van der Waals surface area contributed by atoms with E-state index in [1.807, 2.05) is 0 Å². The minimum atomic E-state index is 0.324. The van der Waals surface area contributed by atoms with E-state index in [-0.39, 0.29) is 0 Å². The van der Waals surface area contributed by atoms with Gasteiger partial charge in [-0.15, -0.1) is 0 Å². The van der Waals surface area contributed by atoms with Crippen LogP contribution in [-0.2, 0) is 0 Å². The van der Waals surface area contributed by atoms with Crippen molar-refractivity contribution in [1.29, 1.82) is 0 Å². The minimum absolute atomic E-state index is 0.324. The maximum absolute atomic E-state index is 8.57. The van der Waals surface area contributed by atoms with Gasteiger partial charge in [-0.1, -0.05) is 5.16 Å². The number of nitrogens with two attached hydrogens (primary N) is 1. The number of rotatable bonds is 5. The highest BCUT2D eigenvalue weighted by Crippen LogP contribution is 2.61. The lowest BCUT2D eigenvalue weighted by Crippen LogP contribution is -2.55. The summed E-state index contributed by atoms with van der Waals surface area (Å²) < 4.78 is 0. The lowest BCUT2D eigenvalue weighted by molar-refractivity contribution is -0.0701. The van der Waals surface area contributed by atoms with Gasteiger partial charge < -0.3 is 16.3 Å². The van der Waals surface area contributed by atoms with Crippen molar-refractivity contribution in [3.05, 3.63) is 0 Å². The molecular formula is C15H27N3O. The van der Waals surface area contributed by atoms with Gasteiger partial charge in [0.25, 0.3) is 0 Å². The predicted octanol–water partition coefficient (Wildman–Crippen LogP) is 2.32. The first-order valence-corrected chi connectivity index (χ1v) is 7.81. The first-order chi connectivity index (χ1) is 9.11. The van der Waals surface area contributed by atoms with E-state index in [0.29, 0.717) is 23.7 Å². The number of oxime groups is 1. The molecule has 4 nitrogen and oxygen atoms in total. The van der Waals surface area contributed by atoms with E-state index >= 15 is 0 Å². The van der Waals surface area contributed by atoms with Crippen LogP contribution in [0.5, 0.6) is 0 Å². The Balaban J connectivity index is 1.58. The monoisotopic (exact) mass is 265 g/mol. The SMILES string of the molecule is CC(NCCC(N)=NO)C12CC3CC(CC(C3)C1)C2. The first-order valence-electron chi connectivity index (χ1n) is 7.81. The Labute approximate surface area is 115 Å². The normalized spacial score (nSPS) is 42.6. The smallest absolute Gasteiger partial charge is 0.140 e. The number of nitrogens with zero attached hydrogens (tertiary/aromatic N) is 1. The third-order valence-electron chi connectivity index (χ3n) is 5.96. The van der Waals surface area contributed by atoms with Crippen molar-refractivity contribution in [2.75, 3.05) is 6.54 Å². The zero-order valence-corrected chi connectivity index (χ0v) is 11.9. The average molecular weight is 265 g/mol. The van der Waals surface area contributed by atoms with E-state index < -0.39 is 0 Å². The van der Waals surface area contributed by atoms with Crippen LogP contribution in [0.1, 0.15) is 51.9 Å². The Morgan fingerprint density at radius 3 is 2.26 bits per heavy atom. The van der Waals surface area contributed by atoms with E-state index in [0.717, 1.165) is 24.3 Å². The fourth-order valence-corrected chi connectivity index (χ4v) is 5.39. The summed E-state index contributed by atoms with van der Waals surface area (Å²) in [6, 6.07) is 0.562. The van der Waals surface area contributed by atoms with Crippen LogP contribution in [0.25, 0.3) is 0 Å². The molecule has 1 unspecified atom stereocenters. The van der Waals surface area contributed by atoms with Crippen molar-refractivity contribution >= 4 is 5.84 Å². The molecule has 108 valence electrons. The van der Waals surface area contributed by atoms with Crippen molar-refractivity contribution in [2.24, 2.45) is 34.1 Å². The van der Waals surface area contributed by atoms with Gasteiger partial charge in [0, 0.05) is 19.0 Å². The molecule has 4 rings (SSSR count). The highest BCUT2D eigenvalue weighted by molar-refractivity contribution is 5.79. The molecule has 4 bridgehead atoms. The molecule has 0 aromatic rings. The summed E-state index contributed by atoms with van der Waals surface area (Å²) in [5, 5.41) is 15.2. The summed E-state index contributed by atoms with van der Waals surface area (Å²) >= 11 is 0. The fourth-order valence-electron chi connectivity index (χ4n) is 5.39. The molecule has 0 radical (unpaired) electrons. The zero-order chi connectivity index (χ0) is 13.5. The van der Waals surface area contributed by atoms with E-state index in [2.05, 4.69) is 17.4 Å². The Morgan fingerprint density at radius 1 is 1.26 bits per heavy atom. The maximum atomic E-state index is 8.57. The second-order valence-electron chi connectivity index (χ2n) is 7.30. The maximum Gasteiger partial charge on any atom is 0.140 e. The second-order valence-corrected chi connectivity index (χ2v) is 7.30. The van der Waals surface area contributed by atoms with Crippen molar-refractivity contribution in [3.8, 4) is 0 Å². The second kappa shape index (κ2) is 4.97. The molecule has 4 heteroatoms. The topological polar surface area (TPSA) is 70.6 Å². The molecule has 4 aliphatic carbocycles. The Kier molecular flexibility index (Phi) is 3.46. The third kappa shape index (κ3) is 2.47.